The largest absolute Gasteiger partial charge is 0.481 e. The number of hydrogen-bond acceptors (Lipinski definition) is 1. The van der Waals surface area contributed by atoms with Gasteiger partial charge in [0.05, 0.1) is 0 Å². The maximum Gasteiger partial charge on any atom is 0.303 e. The molecule has 0 fully saturated rings. The van der Waals surface area contributed by atoms with Gasteiger partial charge in [-0.1, -0.05) is 28.1 Å². The molecule has 3 heteroatoms. The van der Waals surface area contributed by atoms with Crippen LogP contribution in [0.1, 0.15) is 19.3 Å². The summed E-state index contributed by atoms with van der Waals surface area (Å²) in [6, 6.07) is 0. The second-order valence-electron chi connectivity index (χ2n) is 1.91. The van der Waals surface area contributed by atoms with Gasteiger partial charge in [0.15, 0.2) is 0 Å². The zero-order valence-corrected chi connectivity index (χ0v) is 7.30. The number of rotatable bonds is 5. The number of halogens is 1. The molecule has 58 valence electrons. The van der Waals surface area contributed by atoms with Gasteiger partial charge in [-0.25, -0.2) is 0 Å². The van der Waals surface area contributed by atoms with E-state index in [0.29, 0.717) is 0 Å². The molecule has 0 aliphatic heterocycles. The molecule has 0 atom stereocenters. The van der Waals surface area contributed by atoms with Crippen molar-refractivity contribution < 1.29 is 9.90 Å². The van der Waals surface area contributed by atoms with E-state index in [1.807, 2.05) is 12.2 Å². The Morgan fingerprint density at radius 1 is 1.50 bits per heavy atom. The minimum atomic E-state index is -0.716. The molecule has 0 aliphatic rings. The monoisotopic (exact) mass is 206 g/mol. The zero-order chi connectivity index (χ0) is 7.82. The Morgan fingerprint density at radius 3 is 2.70 bits per heavy atom. The summed E-state index contributed by atoms with van der Waals surface area (Å²) in [5.41, 5.74) is 0. The fraction of sp³-hybridized carbons (Fsp3) is 0.571. The summed E-state index contributed by atoms with van der Waals surface area (Å²) < 4.78 is 0. The summed E-state index contributed by atoms with van der Waals surface area (Å²) >= 11 is 3.23. The van der Waals surface area contributed by atoms with Crippen molar-refractivity contribution in [1.29, 1.82) is 0 Å². The lowest BCUT2D eigenvalue weighted by atomic mass is 10.2. The average molecular weight is 207 g/mol. The minimum Gasteiger partial charge on any atom is -0.481 e. The second kappa shape index (κ2) is 6.81. The molecule has 0 aromatic heterocycles. The molecule has 0 amide bonds. The number of carboxylic acids is 1. The maximum absolute atomic E-state index is 10.00. The summed E-state index contributed by atoms with van der Waals surface area (Å²) in [4.78, 5) is 10.00. The van der Waals surface area contributed by atoms with Crippen LogP contribution >= 0.6 is 15.9 Å². The van der Waals surface area contributed by atoms with Gasteiger partial charge in [0, 0.05) is 11.8 Å². The van der Waals surface area contributed by atoms with E-state index in [2.05, 4.69) is 15.9 Å². The van der Waals surface area contributed by atoms with Crippen molar-refractivity contribution in [2.24, 2.45) is 0 Å². The van der Waals surface area contributed by atoms with Gasteiger partial charge < -0.3 is 5.11 Å². The van der Waals surface area contributed by atoms with E-state index in [1.165, 1.54) is 0 Å². The smallest absolute Gasteiger partial charge is 0.303 e. The van der Waals surface area contributed by atoms with Gasteiger partial charge in [0.25, 0.3) is 0 Å². The number of carboxylic acid groups (broad SMARTS) is 1. The molecular weight excluding hydrogens is 196 g/mol. The molecule has 10 heavy (non-hydrogen) atoms. The molecular formula is C7H11BrO2. The van der Waals surface area contributed by atoms with Crippen LogP contribution in [0, 0.1) is 0 Å². The highest BCUT2D eigenvalue weighted by Gasteiger charge is 1.92. The summed E-state index contributed by atoms with van der Waals surface area (Å²) in [5.74, 6) is -0.716. The van der Waals surface area contributed by atoms with Crippen LogP contribution in [0.5, 0.6) is 0 Å². The van der Waals surface area contributed by atoms with Gasteiger partial charge in [-0.3, -0.25) is 4.79 Å². The first-order valence-corrected chi connectivity index (χ1v) is 4.32. The highest BCUT2D eigenvalue weighted by molar-refractivity contribution is 9.09. The molecule has 0 spiro atoms. The summed E-state index contributed by atoms with van der Waals surface area (Å²) in [5, 5.41) is 9.08. The third-order valence-corrected chi connectivity index (χ3v) is 1.39. The number of hydrogen-bond donors (Lipinski definition) is 1. The fourth-order valence-electron chi connectivity index (χ4n) is 0.552. The first-order chi connectivity index (χ1) is 4.77. The van der Waals surface area contributed by atoms with Crippen LogP contribution in [-0.2, 0) is 4.79 Å². The molecule has 0 bridgehead atoms. The number of unbranched alkanes of at least 4 members (excludes halogenated alkanes) is 1. The van der Waals surface area contributed by atoms with Crippen molar-refractivity contribution in [3.05, 3.63) is 12.2 Å². The lowest BCUT2D eigenvalue weighted by Gasteiger charge is -1.88. The van der Waals surface area contributed by atoms with Crippen molar-refractivity contribution in [2.45, 2.75) is 19.3 Å². The van der Waals surface area contributed by atoms with Gasteiger partial charge in [-0.2, -0.15) is 0 Å². The van der Waals surface area contributed by atoms with E-state index in [4.69, 9.17) is 5.11 Å². The van der Waals surface area contributed by atoms with Crippen molar-refractivity contribution in [3.8, 4) is 0 Å². The van der Waals surface area contributed by atoms with E-state index >= 15 is 0 Å². The van der Waals surface area contributed by atoms with Gasteiger partial charge in [0.2, 0.25) is 0 Å². The molecule has 0 saturated heterocycles. The normalized spacial score (nSPS) is 10.5. The van der Waals surface area contributed by atoms with Crippen molar-refractivity contribution in [3.63, 3.8) is 0 Å². The first kappa shape index (κ1) is 9.69. The summed E-state index contributed by atoms with van der Waals surface area (Å²) in [6.45, 7) is 0. The number of allylic oxidation sites excluding steroid dienone is 2. The highest BCUT2D eigenvalue weighted by atomic mass is 79.9. The van der Waals surface area contributed by atoms with Crippen LogP contribution in [0.15, 0.2) is 12.2 Å². The lowest BCUT2D eigenvalue weighted by Crippen LogP contribution is -1.92. The number of carbonyl (C=O) groups is 1. The summed E-state index contributed by atoms with van der Waals surface area (Å²) in [7, 11) is 0. The Bertz CT molecular complexity index is 121. The van der Waals surface area contributed by atoms with Crippen LogP contribution in [0.3, 0.4) is 0 Å². The van der Waals surface area contributed by atoms with Crippen molar-refractivity contribution in [2.75, 3.05) is 5.33 Å². The molecule has 1 N–H and O–H groups in total. The fourth-order valence-corrected chi connectivity index (χ4v) is 0.816. The van der Waals surface area contributed by atoms with Crippen molar-refractivity contribution >= 4 is 21.9 Å². The number of alkyl halides is 1. The Morgan fingerprint density at radius 2 is 2.20 bits per heavy atom. The van der Waals surface area contributed by atoms with E-state index in [-0.39, 0.29) is 6.42 Å². The Kier molecular flexibility index (Phi) is 6.59. The predicted octanol–water partition coefficient (Wildman–Crippen LogP) is 2.19. The van der Waals surface area contributed by atoms with Crippen LogP contribution < -0.4 is 0 Å². The standard InChI is InChI=1S/C7H11BrO2/c8-6-4-2-1-3-5-7(9)10/h2,4H,1,3,5-6H2,(H,9,10)/b4-2+. The second-order valence-corrected chi connectivity index (χ2v) is 2.56. The van der Waals surface area contributed by atoms with E-state index in [0.717, 1.165) is 18.2 Å². The van der Waals surface area contributed by atoms with Crippen LogP contribution in [-0.4, -0.2) is 16.4 Å². The molecule has 0 rings (SSSR count). The Labute approximate surface area is 69.1 Å². The van der Waals surface area contributed by atoms with Crippen LogP contribution in [0.4, 0.5) is 0 Å². The zero-order valence-electron chi connectivity index (χ0n) is 5.72. The highest BCUT2D eigenvalue weighted by Crippen LogP contribution is 1.96. The molecule has 0 aromatic carbocycles. The van der Waals surface area contributed by atoms with Gasteiger partial charge in [0.1, 0.15) is 0 Å². The number of aliphatic carboxylic acids is 1. The lowest BCUT2D eigenvalue weighted by molar-refractivity contribution is -0.137. The Balaban J connectivity index is 3.05. The van der Waals surface area contributed by atoms with E-state index < -0.39 is 5.97 Å². The average Bonchev–Trinajstić information content (AvgIpc) is 1.87. The van der Waals surface area contributed by atoms with E-state index in [1.54, 1.807) is 0 Å². The molecule has 0 saturated carbocycles. The SMILES string of the molecule is O=C(O)CCC/C=C/CBr. The van der Waals surface area contributed by atoms with Crippen LogP contribution in [0.2, 0.25) is 0 Å². The van der Waals surface area contributed by atoms with Crippen molar-refractivity contribution in [1.82, 2.24) is 0 Å². The Hall–Kier alpha value is -0.310. The summed E-state index contributed by atoms with van der Waals surface area (Å²) in [6.07, 6.45) is 5.82. The van der Waals surface area contributed by atoms with Gasteiger partial charge in [-0.15, -0.1) is 0 Å². The van der Waals surface area contributed by atoms with Gasteiger partial charge in [-0.05, 0) is 12.8 Å². The quantitative estimate of drug-likeness (QED) is 0.426. The first-order valence-electron chi connectivity index (χ1n) is 3.20. The minimum absolute atomic E-state index is 0.270. The topological polar surface area (TPSA) is 37.3 Å². The predicted molar refractivity (Wildman–Crippen MR) is 44.4 cm³/mol. The third kappa shape index (κ3) is 7.69. The maximum atomic E-state index is 10.00. The van der Waals surface area contributed by atoms with Crippen LogP contribution in [0.25, 0.3) is 0 Å². The third-order valence-electron chi connectivity index (χ3n) is 1.02. The molecule has 0 heterocycles. The molecule has 0 radical (unpaired) electrons. The molecule has 0 aromatic rings. The molecule has 0 aliphatic carbocycles. The van der Waals surface area contributed by atoms with Gasteiger partial charge >= 0.3 is 5.97 Å². The molecule has 2 nitrogen and oxygen atoms in total. The van der Waals surface area contributed by atoms with E-state index in [9.17, 15) is 4.79 Å². The molecule has 0 unspecified atom stereocenters.